The normalized spacial score (nSPS) is 28.5. The van der Waals surface area contributed by atoms with Gasteiger partial charge in [-0.1, -0.05) is 31.0 Å². The highest BCUT2D eigenvalue weighted by Gasteiger charge is 2.57. The molecule has 2 saturated carbocycles. The molecule has 6 heteroatoms. The highest BCUT2D eigenvalue weighted by molar-refractivity contribution is 14.0. The van der Waals surface area contributed by atoms with Gasteiger partial charge in [-0.25, -0.2) is 0 Å². The fourth-order valence-electron chi connectivity index (χ4n) is 5.08. The zero-order chi connectivity index (χ0) is 18.0. The standard InChI is InChI=1S/C21H31N3O2.HI/c1-3-25-19-14-18(21(19)11-6-7-12-21)24-20(22-2)23-16-10-13-26-17-9-5-4-8-15(16)17;/h4-5,8-9,16,18-19H,3,6-7,10-14H2,1-2H3,(H2,22,23,24);1H. The molecule has 1 aromatic rings. The molecule has 4 rings (SSSR count). The summed E-state index contributed by atoms with van der Waals surface area (Å²) in [6, 6.07) is 9.00. The van der Waals surface area contributed by atoms with Gasteiger partial charge in [0.1, 0.15) is 5.75 Å². The van der Waals surface area contributed by atoms with Crippen LogP contribution in [0.5, 0.6) is 5.75 Å². The Hall–Kier alpha value is -1.02. The van der Waals surface area contributed by atoms with E-state index in [-0.39, 0.29) is 30.0 Å². The van der Waals surface area contributed by atoms with Crippen molar-refractivity contribution < 1.29 is 9.47 Å². The lowest BCUT2D eigenvalue weighted by molar-refractivity contribution is -0.125. The van der Waals surface area contributed by atoms with Gasteiger partial charge >= 0.3 is 0 Å². The number of hydrogen-bond donors (Lipinski definition) is 2. The predicted octanol–water partition coefficient (Wildman–Crippen LogP) is 4.03. The Balaban J connectivity index is 0.00000210. The lowest BCUT2D eigenvalue weighted by Crippen LogP contribution is -2.65. The second-order valence-electron chi connectivity index (χ2n) is 7.76. The molecule has 3 unspecified atom stereocenters. The molecule has 3 aliphatic rings. The third-order valence-electron chi connectivity index (χ3n) is 6.49. The van der Waals surface area contributed by atoms with Crippen LogP contribution < -0.4 is 15.4 Å². The van der Waals surface area contributed by atoms with Crippen molar-refractivity contribution in [1.29, 1.82) is 0 Å². The molecule has 0 saturated heterocycles. The molecule has 150 valence electrons. The van der Waals surface area contributed by atoms with E-state index in [9.17, 15) is 0 Å². The van der Waals surface area contributed by atoms with Gasteiger partial charge in [-0.15, -0.1) is 24.0 Å². The largest absolute Gasteiger partial charge is 0.493 e. The summed E-state index contributed by atoms with van der Waals surface area (Å²) < 4.78 is 11.8. The summed E-state index contributed by atoms with van der Waals surface area (Å²) in [6.07, 6.45) is 7.63. The summed E-state index contributed by atoms with van der Waals surface area (Å²) in [4.78, 5) is 4.52. The van der Waals surface area contributed by atoms with Crippen LogP contribution in [0.15, 0.2) is 29.3 Å². The zero-order valence-electron chi connectivity index (χ0n) is 16.4. The molecular formula is C21H32IN3O2. The van der Waals surface area contributed by atoms with Gasteiger partial charge in [0.05, 0.1) is 18.8 Å². The number of nitrogens with one attached hydrogen (secondary N) is 2. The number of rotatable bonds is 4. The monoisotopic (exact) mass is 485 g/mol. The molecule has 2 aliphatic carbocycles. The molecule has 2 fully saturated rings. The van der Waals surface area contributed by atoms with E-state index < -0.39 is 0 Å². The summed E-state index contributed by atoms with van der Waals surface area (Å²) in [5.74, 6) is 1.89. The molecule has 0 amide bonds. The van der Waals surface area contributed by atoms with E-state index in [1.165, 1.54) is 31.2 Å². The first kappa shape index (κ1) is 20.7. The Bertz CT molecular complexity index is 661. The highest BCUT2D eigenvalue weighted by Crippen LogP contribution is 2.54. The molecule has 3 atom stereocenters. The lowest BCUT2D eigenvalue weighted by atomic mass is 9.60. The Morgan fingerprint density at radius 2 is 2.04 bits per heavy atom. The van der Waals surface area contributed by atoms with Crippen molar-refractivity contribution in [3.05, 3.63) is 29.8 Å². The minimum absolute atomic E-state index is 0. The Labute approximate surface area is 179 Å². The summed E-state index contributed by atoms with van der Waals surface area (Å²) >= 11 is 0. The molecule has 1 aromatic carbocycles. The van der Waals surface area contributed by atoms with Crippen molar-refractivity contribution in [2.45, 2.75) is 63.6 Å². The smallest absolute Gasteiger partial charge is 0.191 e. The van der Waals surface area contributed by atoms with Crippen molar-refractivity contribution in [2.24, 2.45) is 10.4 Å². The minimum atomic E-state index is 0. The van der Waals surface area contributed by atoms with Crippen molar-refractivity contribution in [3.8, 4) is 5.75 Å². The average molecular weight is 485 g/mol. The quantitative estimate of drug-likeness (QED) is 0.384. The number of halogens is 1. The van der Waals surface area contributed by atoms with Gasteiger partial charge in [-0.2, -0.15) is 0 Å². The number of ether oxygens (including phenoxy) is 2. The molecule has 5 nitrogen and oxygen atoms in total. The number of hydrogen-bond acceptors (Lipinski definition) is 3. The van der Waals surface area contributed by atoms with Crippen LogP contribution in [-0.2, 0) is 4.74 Å². The summed E-state index contributed by atoms with van der Waals surface area (Å²) in [5.41, 5.74) is 1.53. The lowest BCUT2D eigenvalue weighted by Gasteiger charge is -2.54. The van der Waals surface area contributed by atoms with Crippen LogP contribution in [-0.4, -0.2) is 38.4 Å². The molecule has 1 heterocycles. The number of para-hydroxylation sites is 1. The van der Waals surface area contributed by atoms with Crippen LogP contribution in [0.1, 0.15) is 57.1 Å². The van der Waals surface area contributed by atoms with Gasteiger partial charge in [-0.3, -0.25) is 4.99 Å². The number of aliphatic imine (C=N–C) groups is 1. The first-order valence-corrected chi connectivity index (χ1v) is 10.1. The third kappa shape index (κ3) is 3.92. The molecule has 27 heavy (non-hydrogen) atoms. The number of guanidine groups is 1. The fourth-order valence-corrected chi connectivity index (χ4v) is 5.08. The average Bonchev–Trinajstić information content (AvgIpc) is 3.19. The van der Waals surface area contributed by atoms with Gasteiger partial charge in [-0.05, 0) is 32.3 Å². The second kappa shape index (κ2) is 8.99. The molecule has 1 spiro atoms. The SMILES string of the molecule is CCOC1CC(NC(=NC)NC2CCOc3ccccc32)C12CCCC2.I. The van der Waals surface area contributed by atoms with Crippen molar-refractivity contribution >= 4 is 29.9 Å². The maximum absolute atomic E-state index is 6.04. The van der Waals surface area contributed by atoms with Crippen LogP contribution in [0.2, 0.25) is 0 Å². The van der Waals surface area contributed by atoms with Crippen molar-refractivity contribution in [3.63, 3.8) is 0 Å². The van der Waals surface area contributed by atoms with Gasteiger partial charge in [0.2, 0.25) is 0 Å². The van der Waals surface area contributed by atoms with Crippen LogP contribution in [0, 0.1) is 5.41 Å². The second-order valence-corrected chi connectivity index (χ2v) is 7.76. The molecule has 1 aliphatic heterocycles. The molecule has 2 N–H and O–H groups in total. The Morgan fingerprint density at radius 3 is 2.78 bits per heavy atom. The Morgan fingerprint density at radius 1 is 1.26 bits per heavy atom. The van der Waals surface area contributed by atoms with Crippen molar-refractivity contribution in [1.82, 2.24) is 10.6 Å². The summed E-state index contributed by atoms with van der Waals surface area (Å²) in [6.45, 7) is 3.66. The van der Waals surface area contributed by atoms with E-state index >= 15 is 0 Å². The maximum atomic E-state index is 6.04. The molecule has 0 radical (unpaired) electrons. The number of nitrogens with zero attached hydrogens (tertiary/aromatic N) is 1. The first-order valence-electron chi connectivity index (χ1n) is 10.1. The zero-order valence-corrected chi connectivity index (χ0v) is 18.7. The molecule has 0 bridgehead atoms. The van der Waals surface area contributed by atoms with Crippen LogP contribution in [0.3, 0.4) is 0 Å². The van der Waals surface area contributed by atoms with E-state index in [0.717, 1.165) is 37.8 Å². The van der Waals surface area contributed by atoms with E-state index in [1.807, 2.05) is 19.2 Å². The molecule has 0 aromatic heterocycles. The van der Waals surface area contributed by atoms with Gasteiger partial charge in [0, 0.05) is 37.1 Å². The third-order valence-corrected chi connectivity index (χ3v) is 6.49. The minimum Gasteiger partial charge on any atom is -0.493 e. The van der Waals surface area contributed by atoms with Gasteiger partial charge < -0.3 is 20.1 Å². The van der Waals surface area contributed by atoms with Crippen LogP contribution in [0.4, 0.5) is 0 Å². The van der Waals surface area contributed by atoms with Gasteiger partial charge in [0.25, 0.3) is 0 Å². The summed E-state index contributed by atoms with van der Waals surface area (Å²) in [5, 5.41) is 7.35. The van der Waals surface area contributed by atoms with E-state index in [1.54, 1.807) is 0 Å². The number of benzene rings is 1. The molecular weight excluding hydrogens is 453 g/mol. The Kier molecular flexibility index (Phi) is 6.89. The fraction of sp³-hybridized carbons (Fsp3) is 0.667. The summed E-state index contributed by atoms with van der Waals surface area (Å²) in [7, 11) is 1.86. The predicted molar refractivity (Wildman–Crippen MR) is 119 cm³/mol. The van der Waals surface area contributed by atoms with E-state index in [2.05, 4.69) is 34.7 Å². The highest BCUT2D eigenvalue weighted by atomic mass is 127. The van der Waals surface area contributed by atoms with Crippen LogP contribution >= 0.6 is 24.0 Å². The van der Waals surface area contributed by atoms with E-state index in [0.29, 0.717) is 17.6 Å². The topological polar surface area (TPSA) is 54.9 Å². The van der Waals surface area contributed by atoms with Crippen molar-refractivity contribution in [2.75, 3.05) is 20.3 Å². The maximum Gasteiger partial charge on any atom is 0.191 e. The first-order chi connectivity index (χ1) is 12.8. The number of fused-ring (bicyclic) bond motifs is 1. The van der Waals surface area contributed by atoms with Crippen LogP contribution in [0.25, 0.3) is 0 Å². The van der Waals surface area contributed by atoms with Gasteiger partial charge in [0.15, 0.2) is 5.96 Å². The van der Waals surface area contributed by atoms with E-state index in [4.69, 9.17) is 9.47 Å².